The molecule has 0 aliphatic heterocycles. The Kier molecular flexibility index (Phi) is 5.33. The van der Waals surface area contributed by atoms with Crippen molar-refractivity contribution in [1.29, 1.82) is 0 Å². The Balaban J connectivity index is 1.83. The number of nitrogens with one attached hydrogen (secondary N) is 1. The fourth-order valence-electron chi connectivity index (χ4n) is 1.80. The Bertz CT molecular complexity index is 599. The highest BCUT2D eigenvalue weighted by molar-refractivity contribution is 9.10. The van der Waals surface area contributed by atoms with Gasteiger partial charge in [0.2, 0.25) is 0 Å². The molecule has 2 rings (SSSR count). The molecule has 0 aromatic heterocycles. The summed E-state index contributed by atoms with van der Waals surface area (Å²) in [6.07, 6.45) is 0. The van der Waals surface area contributed by atoms with Crippen molar-refractivity contribution in [2.45, 2.75) is 13.0 Å². The zero-order chi connectivity index (χ0) is 15.2. The Hall–Kier alpha value is -1.88. The highest BCUT2D eigenvalue weighted by Crippen LogP contribution is 2.16. The van der Waals surface area contributed by atoms with Gasteiger partial charge < -0.3 is 10.1 Å². The number of hydrogen-bond acceptors (Lipinski definition) is 2. The molecule has 1 atom stereocenters. The number of carbonyl (C=O) groups excluding carboxylic acids is 1. The van der Waals surface area contributed by atoms with Crippen LogP contribution in [0.1, 0.15) is 18.5 Å². The number of rotatable bonds is 5. The maximum atomic E-state index is 12.8. The van der Waals surface area contributed by atoms with Crippen molar-refractivity contribution in [3.63, 3.8) is 0 Å². The van der Waals surface area contributed by atoms with Crippen LogP contribution < -0.4 is 10.1 Å². The second-order valence-corrected chi connectivity index (χ2v) is 5.50. The Labute approximate surface area is 131 Å². The third kappa shape index (κ3) is 4.86. The van der Waals surface area contributed by atoms with Crippen molar-refractivity contribution in [3.05, 3.63) is 64.4 Å². The minimum absolute atomic E-state index is 0.0623. The second-order valence-electron chi connectivity index (χ2n) is 4.58. The highest BCUT2D eigenvalue weighted by Gasteiger charge is 2.10. The van der Waals surface area contributed by atoms with E-state index in [9.17, 15) is 9.18 Å². The molecule has 110 valence electrons. The third-order valence-corrected chi connectivity index (χ3v) is 3.46. The van der Waals surface area contributed by atoms with Gasteiger partial charge in [-0.25, -0.2) is 4.39 Å². The van der Waals surface area contributed by atoms with Gasteiger partial charge in [-0.1, -0.05) is 28.1 Å². The van der Waals surface area contributed by atoms with E-state index in [2.05, 4.69) is 21.2 Å². The lowest BCUT2D eigenvalue weighted by Gasteiger charge is -2.14. The van der Waals surface area contributed by atoms with E-state index in [1.54, 1.807) is 24.3 Å². The highest BCUT2D eigenvalue weighted by atomic mass is 79.9. The topological polar surface area (TPSA) is 38.3 Å². The summed E-state index contributed by atoms with van der Waals surface area (Å²) < 4.78 is 19.2. The molecule has 3 nitrogen and oxygen atoms in total. The Morgan fingerprint density at radius 3 is 2.43 bits per heavy atom. The van der Waals surface area contributed by atoms with Crippen molar-refractivity contribution >= 4 is 21.8 Å². The summed E-state index contributed by atoms with van der Waals surface area (Å²) in [5.41, 5.74) is 0.841. The molecule has 0 saturated carbocycles. The zero-order valence-corrected chi connectivity index (χ0v) is 13.1. The van der Waals surface area contributed by atoms with Crippen LogP contribution in [0.25, 0.3) is 0 Å². The number of ether oxygens (including phenoxy) is 1. The summed E-state index contributed by atoms with van der Waals surface area (Å²) in [7, 11) is 0. The van der Waals surface area contributed by atoms with Gasteiger partial charge in [0, 0.05) is 4.47 Å². The van der Waals surface area contributed by atoms with E-state index in [4.69, 9.17) is 4.74 Å². The van der Waals surface area contributed by atoms with Crippen LogP contribution in [0.3, 0.4) is 0 Å². The summed E-state index contributed by atoms with van der Waals surface area (Å²) in [4.78, 5) is 11.8. The Morgan fingerprint density at radius 1 is 1.19 bits per heavy atom. The van der Waals surface area contributed by atoms with Gasteiger partial charge in [-0.2, -0.15) is 0 Å². The van der Waals surface area contributed by atoms with E-state index >= 15 is 0 Å². The van der Waals surface area contributed by atoms with Crippen LogP contribution in [0.15, 0.2) is 53.0 Å². The van der Waals surface area contributed by atoms with Gasteiger partial charge in [0.05, 0.1) is 6.04 Å². The average molecular weight is 352 g/mol. The molecule has 1 N–H and O–H groups in total. The van der Waals surface area contributed by atoms with Crippen molar-refractivity contribution < 1.29 is 13.9 Å². The lowest BCUT2D eigenvalue weighted by molar-refractivity contribution is -0.123. The van der Waals surface area contributed by atoms with E-state index in [1.807, 2.05) is 19.1 Å². The fourth-order valence-corrected chi connectivity index (χ4v) is 2.06. The molecule has 0 spiro atoms. The standard InChI is InChI=1S/C16H15BrFNO2/c1-11(12-2-6-14(18)7-3-12)19-16(20)10-21-15-8-4-13(17)5-9-15/h2-9,11H,10H2,1H3,(H,19,20). The van der Waals surface area contributed by atoms with E-state index in [1.165, 1.54) is 12.1 Å². The predicted molar refractivity (Wildman–Crippen MR) is 82.6 cm³/mol. The molecular formula is C16H15BrFNO2. The van der Waals surface area contributed by atoms with Gasteiger partial charge in [-0.15, -0.1) is 0 Å². The van der Waals surface area contributed by atoms with Crippen LogP contribution in [0.2, 0.25) is 0 Å². The Morgan fingerprint density at radius 2 is 1.81 bits per heavy atom. The molecular weight excluding hydrogens is 337 g/mol. The molecule has 1 unspecified atom stereocenters. The van der Waals surface area contributed by atoms with E-state index in [-0.39, 0.29) is 24.4 Å². The molecule has 21 heavy (non-hydrogen) atoms. The van der Waals surface area contributed by atoms with Gasteiger partial charge in [0.15, 0.2) is 6.61 Å². The molecule has 0 fully saturated rings. The summed E-state index contributed by atoms with van der Waals surface area (Å²) >= 11 is 3.33. The first-order valence-corrected chi connectivity index (χ1v) is 7.27. The lowest BCUT2D eigenvalue weighted by Crippen LogP contribution is -2.31. The predicted octanol–water partition coefficient (Wildman–Crippen LogP) is 3.84. The number of halogens is 2. The molecule has 0 aliphatic rings. The number of amides is 1. The first kappa shape index (κ1) is 15.5. The minimum Gasteiger partial charge on any atom is -0.484 e. The van der Waals surface area contributed by atoms with Crippen molar-refractivity contribution in [2.75, 3.05) is 6.61 Å². The molecule has 1 amide bonds. The van der Waals surface area contributed by atoms with Crippen molar-refractivity contribution in [1.82, 2.24) is 5.32 Å². The first-order chi connectivity index (χ1) is 10.0. The van der Waals surface area contributed by atoms with Gasteiger partial charge in [0.25, 0.3) is 5.91 Å². The molecule has 0 saturated heterocycles. The van der Waals surface area contributed by atoms with Crippen LogP contribution in [-0.4, -0.2) is 12.5 Å². The van der Waals surface area contributed by atoms with Crippen LogP contribution in [0.5, 0.6) is 5.75 Å². The summed E-state index contributed by atoms with van der Waals surface area (Å²) in [5, 5.41) is 2.80. The quantitative estimate of drug-likeness (QED) is 0.888. The SMILES string of the molecule is CC(NC(=O)COc1ccc(Br)cc1)c1ccc(F)cc1. The van der Waals surface area contributed by atoms with E-state index in [0.29, 0.717) is 5.75 Å². The number of hydrogen-bond donors (Lipinski definition) is 1. The monoisotopic (exact) mass is 351 g/mol. The van der Waals surface area contributed by atoms with Crippen molar-refractivity contribution in [3.8, 4) is 5.75 Å². The molecule has 5 heteroatoms. The van der Waals surface area contributed by atoms with Crippen LogP contribution in [0, 0.1) is 5.82 Å². The van der Waals surface area contributed by atoms with Crippen molar-refractivity contribution in [2.24, 2.45) is 0 Å². The second kappa shape index (κ2) is 7.22. The summed E-state index contributed by atoms with van der Waals surface area (Å²) in [6.45, 7) is 1.78. The smallest absolute Gasteiger partial charge is 0.258 e. The molecule has 2 aromatic rings. The summed E-state index contributed by atoms with van der Waals surface area (Å²) in [5.74, 6) is 0.105. The molecule has 0 radical (unpaired) electrons. The molecule has 0 heterocycles. The van der Waals surface area contributed by atoms with E-state index in [0.717, 1.165) is 10.0 Å². The normalized spacial score (nSPS) is 11.8. The van der Waals surface area contributed by atoms with Gasteiger partial charge in [-0.05, 0) is 48.9 Å². The fraction of sp³-hybridized carbons (Fsp3) is 0.188. The van der Waals surface area contributed by atoms with Gasteiger partial charge in [-0.3, -0.25) is 4.79 Å². The number of carbonyl (C=O) groups is 1. The summed E-state index contributed by atoms with van der Waals surface area (Å²) in [6, 6.07) is 13.1. The molecule has 0 bridgehead atoms. The zero-order valence-electron chi connectivity index (χ0n) is 11.5. The molecule has 0 aliphatic carbocycles. The van der Waals surface area contributed by atoms with Crippen LogP contribution >= 0.6 is 15.9 Å². The van der Waals surface area contributed by atoms with Crippen LogP contribution in [-0.2, 0) is 4.79 Å². The van der Waals surface area contributed by atoms with Gasteiger partial charge in [0.1, 0.15) is 11.6 Å². The maximum Gasteiger partial charge on any atom is 0.258 e. The first-order valence-electron chi connectivity index (χ1n) is 6.48. The minimum atomic E-state index is -0.296. The van der Waals surface area contributed by atoms with E-state index < -0.39 is 0 Å². The number of benzene rings is 2. The van der Waals surface area contributed by atoms with Crippen LogP contribution in [0.4, 0.5) is 4.39 Å². The largest absolute Gasteiger partial charge is 0.484 e. The lowest BCUT2D eigenvalue weighted by atomic mass is 10.1. The van der Waals surface area contributed by atoms with Gasteiger partial charge >= 0.3 is 0 Å². The molecule has 2 aromatic carbocycles. The third-order valence-electron chi connectivity index (χ3n) is 2.93. The average Bonchev–Trinajstić information content (AvgIpc) is 2.47. The maximum absolute atomic E-state index is 12.8.